The lowest BCUT2D eigenvalue weighted by molar-refractivity contribution is -0.161. The molecule has 1 aliphatic rings. The Kier molecular flexibility index (Phi) is 29.2. The number of phosphoric ester groups is 1. The molecule has 1 heterocycles. The van der Waals surface area contributed by atoms with Crippen molar-refractivity contribution in [3.8, 4) is 0 Å². The summed E-state index contributed by atoms with van der Waals surface area (Å²) in [5, 5.41) is 18.3. The molecule has 0 radical (unpaired) electrons. The van der Waals surface area contributed by atoms with Gasteiger partial charge in [-0.25, -0.2) is 4.57 Å². The van der Waals surface area contributed by atoms with Gasteiger partial charge in [0.15, 0.2) is 6.10 Å². The second-order valence-electron chi connectivity index (χ2n) is 14.2. The van der Waals surface area contributed by atoms with Crippen molar-refractivity contribution < 1.29 is 52.5 Å². The lowest BCUT2D eigenvalue weighted by Gasteiger charge is -2.20. The molecule has 302 valence electrons. The minimum Gasteiger partial charge on any atom is -0.462 e. The van der Waals surface area contributed by atoms with Gasteiger partial charge in [-0.2, -0.15) is 0 Å². The molecule has 0 aliphatic carbocycles. The number of esters is 2. The number of hydrogen-bond acceptors (Lipinski definition) is 10. The van der Waals surface area contributed by atoms with Crippen LogP contribution in [-0.2, 0) is 37.4 Å². The molecule has 0 aromatic heterocycles. The van der Waals surface area contributed by atoms with Crippen molar-refractivity contribution in [3.05, 3.63) is 36.5 Å². The molecule has 5 atom stereocenters. The first kappa shape index (κ1) is 48.2. The summed E-state index contributed by atoms with van der Waals surface area (Å²) < 4.78 is 38.3. The molecule has 0 bridgehead atoms. The average molecular weight is 759 g/mol. The van der Waals surface area contributed by atoms with E-state index in [0.717, 1.165) is 44.4 Å². The summed E-state index contributed by atoms with van der Waals surface area (Å²) in [7, 11) is -4.63. The van der Waals surface area contributed by atoms with Crippen LogP contribution in [0.3, 0.4) is 0 Å². The molecule has 0 saturated carbocycles. The quantitative estimate of drug-likeness (QED) is 0.0186. The van der Waals surface area contributed by atoms with Crippen LogP contribution in [0.15, 0.2) is 36.5 Å². The number of phosphoric acid groups is 1. The standard InChI is InChI=1S/C40H71O11P/c1-4-5-20-26-37-38(51-37)27-22-17-13-8-6-7-9-14-18-23-28-39(43)47-32-36(33-49-52(45,46)48-31-35(42)30-41)50-40(44)29-24-19-15-11-10-12-16-21-25-34(2)3/h6,8-9,14,17,22,34-38,41-42H,4-5,7,10-13,15-16,18-21,23-33H2,1-3H3,(H,45,46)/b8-6-,14-9-,22-17-/t35-,36+,37?,38?/m0/s1. The van der Waals surface area contributed by atoms with E-state index in [1.54, 1.807) is 0 Å². The van der Waals surface area contributed by atoms with Crippen LogP contribution in [0.1, 0.15) is 149 Å². The second-order valence-corrected chi connectivity index (χ2v) is 15.6. The van der Waals surface area contributed by atoms with Gasteiger partial charge in [0.1, 0.15) is 12.7 Å². The van der Waals surface area contributed by atoms with Crippen molar-refractivity contribution in [2.24, 2.45) is 5.92 Å². The maximum absolute atomic E-state index is 12.5. The Morgan fingerprint density at radius 3 is 2.04 bits per heavy atom. The highest BCUT2D eigenvalue weighted by Gasteiger charge is 2.36. The maximum Gasteiger partial charge on any atom is 0.472 e. The molecule has 0 amide bonds. The number of hydrogen-bond donors (Lipinski definition) is 3. The highest BCUT2D eigenvalue weighted by molar-refractivity contribution is 7.47. The van der Waals surface area contributed by atoms with Gasteiger partial charge < -0.3 is 29.3 Å². The number of unbranched alkanes of at least 4 members (excludes halogenated alkanes) is 10. The van der Waals surface area contributed by atoms with Crippen molar-refractivity contribution in [1.29, 1.82) is 0 Å². The molecule has 0 aromatic carbocycles. The fraction of sp³-hybridized carbons (Fsp3) is 0.800. The van der Waals surface area contributed by atoms with Crippen molar-refractivity contribution in [2.75, 3.05) is 26.4 Å². The molecule has 0 spiro atoms. The van der Waals surface area contributed by atoms with Crippen LogP contribution in [0.2, 0.25) is 0 Å². The number of allylic oxidation sites excluding steroid dienone is 5. The first-order valence-corrected chi connectivity index (χ1v) is 21.4. The van der Waals surface area contributed by atoms with Gasteiger partial charge in [-0.15, -0.1) is 0 Å². The Morgan fingerprint density at radius 1 is 0.750 bits per heavy atom. The predicted molar refractivity (Wildman–Crippen MR) is 205 cm³/mol. The Hall–Kier alpha value is -1.85. The van der Waals surface area contributed by atoms with Gasteiger partial charge in [0.2, 0.25) is 0 Å². The molecule has 11 nitrogen and oxygen atoms in total. The average Bonchev–Trinajstić information content (AvgIpc) is 3.87. The Morgan fingerprint density at radius 2 is 1.37 bits per heavy atom. The van der Waals surface area contributed by atoms with E-state index in [4.69, 9.17) is 23.8 Å². The zero-order valence-electron chi connectivity index (χ0n) is 32.4. The van der Waals surface area contributed by atoms with E-state index < -0.39 is 51.8 Å². The zero-order chi connectivity index (χ0) is 38.3. The number of carbonyl (C=O) groups is 2. The minimum absolute atomic E-state index is 0.162. The molecule has 3 N–H and O–H groups in total. The maximum atomic E-state index is 12.5. The van der Waals surface area contributed by atoms with E-state index in [2.05, 4.69) is 55.7 Å². The van der Waals surface area contributed by atoms with E-state index in [1.165, 1.54) is 57.8 Å². The molecule has 1 saturated heterocycles. The number of ether oxygens (including phenoxy) is 3. The molecular formula is C40H71O11P. The number of aliphatic hydroxyl groups is 2. The summed E-state index contributed by atoms with van der Waals surface area (Å²) in [5.74, 6) is -0.248. The van der Waals surface area contributed by atoms with Gasteiger partial charge in [-0.1, -0.05) is 128 Å². The Labute approximate surface area is 314 Å². The van der Waals surface area contributed by atoms with E-state index in [1.807, 2.05) is 6.08 Å². The van der Waals surface area contributed by atoms with Gasteiger partial charge >= 0.3 is 19.8 Å². The summed E-state index contributed by atoms with van der Waals surface area (Å²) >= 11 is 0. The fourth-order valence-electron chi connectivity index (χ4n) is 5.44. The number of epoxide rings is 1. The summed E-state index contributed by atoms with van der Waals surface area (Å²) in [6.07, 6.45) is 30.3. The van der Waals surface area contributed by atoms with Crippen LogP contribution >= 0.6 is 7.82 Å². The highest BCUT2D eigenvalue weighted by Crippen LogP contribution is 2.43. The molecule has 1 rings (SSSR count). The van der Waals surface area contributed by atoms with Gasteiger partial charge in [0.25, 0.3) is 0 Å². The van der Waals surface area contributed by atoms with Crippen molar-refractivity contribution in [1.82, 2.24) is 0 Å². The lowest BCUT2D eigenvalue weighted by Crippen LogP contribution is -2.29. The molecule has 52 heavy (non-hydrogen) atoms. The van der Waals surface area contributed by atoms with Crippen LogP contribution in [0.25, 0.3) is 0 Å². The summed E-state index contributed by atoms with van der Waals surface area (Å²) in [5.41, 5.74) is 0. The summed E-state index contributed by atoms with van der Waals surface area (Å²) in [6, 6.07) is 0. The van der Waals surface area contributed by atoms with Gasteiger partial charge in [0.05, 0.1) is 32.0 Å². The monoisotopic (exact) mass is 758 g/mol. The van der Waals surface area contributed by atoms with E-state index in [0.29, 0.717) is 31.5 Å². The second kappa shape index (κ2) is 31.5. The van der Waals surface area contributed by atoms with Crippen LogP contribution in [0.5, 0.6) is 0 Å². The predicted octanol–water partition coefficient (Wildman–Crippen LogP) is 8.84. The molecular weight excluding hydrogens is 687 g/mol. The molecule has 3 unspecified atom stereocenters. The summed E-state index contributed by atoms with van der Waals surface area (Å²) in [6.45, 7) is 4.53. The molecule has 12 heteroatoms. The zero-order valence-corrected chi connectivity index (χ0v) is 33.3. The number of aliphatic hydroxyl groups excluding tert-OH is 2. The topological polar surface area (TPSA) is 161 Å². The van der Waals surface area contributed by atoms with E-state index >= 15 is 0 Å². The Balaban J connectivity index is 2.31. The third-order valence-corrected chi connectivity index (χ3v) is 9.60. The molecule has 1 aliphatic heterocycles. The SMILES string of the molecule is CCCCCC1OC1C/C=C\C/C=C\C/C=C\CCCC(=O)OC[C@H](COP(=O)(O)OC[C@@H](O)CO)OC(=O)CCCCCCCCCCC(C)C. The van der Waals surface area contributed by atoms with Gasteiger partial charge in [-0.3, -0.25) is 18.6 Å². The normalized spacial score (nSPS) is 18.4. The van der Waals surface area contributed by atoms with Gasteiger partial charge in [0, 0.05) is 12.8 Å². The molecule has 0 aromatic rings. The summed E-state index contributed by atoms with van der Waals surface area (Å²) in [4.78, 5) is 34.8. The first-order valence-electron chi connectivity index (χ1n) is 19.9. The lowest BCUT2D eigenvalue weighted by atomic mass is 10.0. The highest BCUT2D eigenvalue weighted by atomic mass is 31.2. The van der Waals surface area contributed by atoms with Crippen LogP contribution in [0, 0.1) is 5.92 Å². The molecule has 1 fully saturated rings. The number of rotatable bonds is 35. The van der Waals surface area contributed by atoms with Crippen LogP contribution < -0.4 is 0 Å². The third-order valence-electron chi connectivity index (χ3n) is 8.65. The van der Waals surface area contributed by atoms with Crippen LogP contribution in [0.4, 0.5) is 0 Å². The minimum atomic E-state index is -4.63. The largest absolute Gasteiger partial charge is 0.472 e. The van der Waals surface area contributed by atoms with E-state index in [9.17, 15) is 24.2 Å². The van der Waals surface area contributed by atoms with Crippen molar-refractivity contribution in [2.45, 2.75) is 174 Å². The van der Waals surface area contributed by atoms with Crippen molar-refractivity contribution in [3.63, 3.8) is 0 Å². The third kappa shape index (κ3) is 29.6. The Bertz CT molecular complexity index is 1040. The van der Waals surface area contributed by atoms with Crippen LogP contribution in [-0.4, -0.2) is 77.9 Å². The smallest absolute Gasteiger partial charge is 0.462 e. The van der Waals surface area contributed by atoms with Crippen molar-refractivity contribution >= 4 is 19.8 Å². The van der Waals surface area contributed by atoms with E-state index in [-0.39, 0.29) is 19.4 Å². The first-order chi connectivity index (χ1) is 25.1. The van der Waals surface area contributed by atoms with Gasteiger partial charge in [-0.05, 0) is 50.9 Å². The number of carbonyl (C=O) groups excluding carboxylic acids is 2. The fourth-order valence-corrected chi connectivity index (χ4v) is 6.23.